The second-order valence-corrected chi connectivity index (χ2v) is 6.05. The molecule has 1 fully saturated rings. The van der Waals surface area contributed by atoms with Crippen LogP contribution >= 0.6 is 15.9 Å². The fourth-order valence-corrected chi connectivity index (χ4v) is 2.85. The van der Waals surface area contributed by atoms with Gasteiger partial charge in [-0.3, -0.25) is 9.89 Å². The number of amides is 1. The van der Waals surface area contributed by atoms with Crippen molar-refractivity contribution in [1.29, 1.82) is 0 Å². The van der Waals surface area contributed by atoms with Crippen molar-refractivity contribution in [2.75, 3.05) is 0 Å². The third-order valence-corrected chi connectivity index (χ3v) is 4.39. The van der Waals surface area contributed by atoms with E-state index in [4.69, 9.17) is 5.11 Å². The molecular weight excluding hydrogens is 350 g/mol. The smallest absolute Gasteiger partial charge is 0.335 e. The van der Waals surface area contributed by atoms with Crippen molar-refractivity contribution < 1.29 is 14.7 Å². The first-order valence-electron chi connectivity index (χ1n) is 6.90. The molecule has 1 amide bonds. The Morgan fingerprint density at radius 2 is 2.00 bits per heavy atom. The van der Waals surface area contributed by atoms with Crippen LogP contribution in [-0.2, 0) is 6.54 Å². The second-order valence-electron chi connectivity index (χ2n) is 5.26. The van der Waals surface area contributed by atoms with E-state index in [1.165, 1.54) is 12.1 Å². The van der Waals surface area contributed by atoms with Gasteiger partial charge in [-0.05, 0) is 46.5 Å². The number of halogens is 1. The zero-order valence-corrected chi connectivity index (χ0v) is 13.2. The van der Waals surface area contributed by atoms with Gasteiger partial charge < -0.3 is 10.4 Å². The molecule has 1 aliphatic rings. The molecule has 6 nitrogen and oxygen atoms in total. The summed E-state index contributed by atoms with van der Waals surface area (Å²) in [7, 11) is 0. The number of nitrogens with zero attached hydrogens (tertiary/aromatic N) is 1. The van der Waals surface area contributed by atoms with Gasteiger partial charge in [-0.25, -0.2) is 4.79 Å². The highest BCUT2D eigenvalue weighted by atomic mass is 79.9. The number of hydrogen-bond acceptors (Lipinski definition) is 3. The van der Waals surface area contributed by atoms with Crippen molar-refractivity contribution in [2.24, 2.45) is 0 Å². The molecule has 2 aromatic rings. The molecule has 7 heteroatoms. The molecule has 0 atom stereocenters. The fourth-order valence-electron chi connectivity index (χ4n) is 2.17. The Hall–Kier alpha value is -2.15. The third kappa shape index (κ3) is 3.04. The SMILES string of the molecule is O=C(O)c1ccc(CNC(=O)c2n[nH]c(C3CC3)c2Br)cc1. The molecule has 3 N–H and O–H groups in total. The lowest BCUT2D eigenvalue weighted by Gasteiger charge is -2.04. The second kappa shape index (κ2) is 5.92. The predicted octanol–water partition coefficient (Wildman–Crippen LogP) is 2.68. The van der Waals surface area contributed by atoms with Crippen LogP contribution in [-0.4, -0.2) is 27.2 Å². The summed E-state index contributed by atoms with van der Waals surface area (Å²) in [4.78, 5) is 22.9. The number of carboxylic acids is 1. The first-order valence-corrected chi connectivity index (χ1v) is 7.69. The van der Waals surface area contributed by atoms with Crippen LogP contribution in [0.15, 0.2) is 28.7 Å². The lowest BCUT2D eigenvalue weighted by atomic mass is 10.1. The Labute approximate surface area is 135 Å². The first kappa shape index (κ1) is 14.8. The number of H-pyrrole nitrogens is 1. The van der Waals surface area contributed by atoms with Gasteiger partial charge in [0, 0.05) is 12.5 Å². The minimum atomic E-state index is -0.969. The number of benzene rings is 1. The number of hydrogen-bond donors (Lipinski definition) is 3. The molecule has 1 aliphatic carbocycles. The van der Waals surface area contributed by atoms with E-state index in [0.717, 1.165) is 28.6 Å². The lowest BCUT2D eigenvalue weighted by Crippen LogP contribution is -2.23. The van der Waals surface area contributed by atoms with Crippen LogP contribution in [0.5, 0.6) is 0 Å². The van der Waals surface area contributed by atoms with E-state index in [9.17, 15) is 9.59 Å². The molecule has 0 saturated heterocycles. The quantitative estimate of drug-likeness (QED) is 0.760. The predicted molar refractivity (Wildman–Crippen MR) is 82.8 cm³/mol. The number of aromatic nitrogens is 2. The summed E-state index contributed by atoms with van der Waals surface area (Å²) >= 11 is 3.42. The van der Waals surface area contributed by atoms with Crippen LogP contribution in [0.25, 0.3) is 0 Å². The van der Waals surface area contributed by atoms with Crippen LogP contribution in [0.4, 0.5) is 0 Å². The first-order chi connectivity index (χ1) is 10.6. The molecule has 0 bridgehead atoms. The highest BCUT2D eigenvalue weighted by molar-refractivity contribution is 9.10. The van der Waals surface area contributed by atoms with Crippen LogP contribution in [0.1, 0.15) is 50.9 Å². The van der Waals surface area contributed by atoms with E-state index in [1.807, 2.05) is 0 Å². The number of aromatic amines is 1. The number of carboxylic acid groups (broad SMARTS) is 1. The van der Waals surface area contributed by atoms with E-state index in [-0.39, 0.29) is 11.5 Å². The van der Waals surface area contributed by atoms with Crippen molar-refractivity contribution in [3.05, 3.63) is 51.3 Å². The van der Waals surface area contributed by atoms with Gasteiger partial charge in [-0.15, -0.1) is 0 Å². The van der Waals surface area contributed by atoms with Crippen molar-refractivity contribution in [2.45, 2.75) is 25.3 Å². The average molecular weight is 364 g/mol. The summed E-state index contributed by atoms with van der Waals surface area (Å²) in [6.45, 7) is 0.316. The Balaban J connectivity index is 1.63. The number of rotatable bonds is 5. The van der Waals surface area contributed by atoms with Gasteiger partial charge in [-0.2, -0.15) is 5.10 Å². The summed E-state index contributed by atoms with van der Waals surface area (Å²) in [6.07, 6.45) is 2.25. The number of aromatic carboxylic acids is 1. The largest absolute Gasteiger partial charge is 0.478 e. The number of carbonyl (C=O) groups is 2. The third-order valence-electron chi connectivity index (χ3n) is 3.59. The number of nitrogens with one attached hydrogen (secondary N) is 2. The van der Waals surface area contributed by atoms with Gasteiger partial charge in [0.15, 0.2) is 5.69 Å². The van der Waals surface area contributed by atoms with Crippen molar-refractivity contribution >= 4 is 27.8 Å². The maximum Gasteiger partial charge on any atom is 0.335 e. The van der Waals surface area contributed by atoms with Crippen molar-refractivity contribution in [3.8, 4) is 0 Å². The maximum absolute atomic E-state index is 12.2. The summed E-state index contributed by atoms with van der Waals surface area (Å²) < 4.78 is 0.730. The fraction of sp³-hybridized carbons (Fsp3) is 0.267. The van der Waals surface area contributed by atoms with Crippen molar-refractivity contribution in [1.82, 2.24) is 15.5 Å². The summed E-state index contributed by atoms with van der Waals surface area (Å²) in [5.41, 5.74) is 2.38. The van der Waals surface area contributed by atoms with Gasteiger partial charge >= 0.3 is 5.97 Å². The van der Waals surface area contributed by atoms with E-state index in [1.54, 1.807) is 12.1 Å². The molecule has 3 rings (SSSR count). The molecular formula is C15H14BrN3O3. The molecule has 1 aromatic heterocycles. The molecule has 114 valence electrons. The van der Waals surface area contributed by atoms with Gasteiger partial charge in [0.1, 0.15) is 0 Å². The van der Waals surface area contributed by atoms with Gasteiger partial charge in [-0.1, -0.05) is 12.1 Å². The molecule has 1 aromatic carbocycles. The molecule has 1 saturated carbocycles. The lowest BCUT2D eigenvalue weighted by molar-refractivity contribution is 0.0696. The minimum absolute atomic E-state index is 0.221. The number of carbonyl (C=O) groups excluding carboxylic acids is 1. The van der Waals surface area contributed by atoms with Gasteiger partial charge in [0.25, 0.3) is 5.91 Å². The highest BCUT2D eigenvalue weighted by Crippen LogP contribution is 2.42. The van der Waals surface area contributed by atoms with Gasteiger partial charge in [0.2, 0.25) is 0 Å². The average Bonchev–Trinajstić information content (AvgIpc) is 3.28. The van der Waals surface area contributed by atoms with Gasteiger partial charge in [0.05, 0.1) is 15.7 Å². The normalized spacial score (nSPS) is 13.9. The molecule has 0 aliphatic heterocycles. The standard InChI is InChI=1S/C15H14BrN3O3/c16-11-12(9-5-6-9)18-19-13(11)14(20)17-7-8-1-3-10(4-2-8)15(21)22/h1-4,9H,5-7H2,(H,17,20)(H,18,19)(H,21,22). The molecule has 0 spiro atoms. The Kier molecular flexibility index (Phi) is 3.98. The monoisotopic (exact) mass is 363 g/mol. The zero-order chi connectivity index (χ0) is 15.7. The molecule has 1 heterocycles. The Morgan fingerprint density at radius 1 is 1.32 bits per heavy atom. The highest BCUT2D eigenvalue weighted by Gasteiger charge is 2.30. The topological polar surface area (TPSA) is 95.1 Å². The molecule has 22 heavy (non-hydrogen) atoms. The summed E-state index contributed by atoms with van der Waals surface area (Å²) in [6, 6.07) is 6.39. The maximum atomic E-state index is 12.2. The van der Waals surface area contributed by atoms with E-state index >= 15 is 0 Å². The zero-order valence-electron chi connectivity index (χ0n) is 11.6. The Morgan fingerprint density at radius 3 is 2.59 bits per heavy atom. The van der Waals surface area contributed by atoms with Crippen LogP contribution in [0.3, 0.4) is 0 Å². The van der Waals surface area contributed by atoms with Crippen LogP contribution in [0, 0.1) is 0 Å². The van der Waals surface area contributed by atoms with E-state index in [2.05, 4.69) is 31.4 Å². The van der Waals surface area contributed by atoms with Crippen LogP contribution in [0.2, 0.25) is 0 Å². The van der Waals surface area contributed by atoms with E-state index in [0.29, 0.717) is 18.2 Å². The summed E-state index contributed by atoms with van der Waals surface area (Å²) in [5.74, 6) is -0.757. The van der Waals surface area contributed by atoms with Crippen LogP contribution < -0.4 is 5.32 Å². The van der Waals surface area contributed by atoms with Crippen molar-refractivity contribution in [3.63, 3.8) is 0 Å². The Bertz CT molecular complexity index is 720. The molecule has 0 unspecified atom stereocenters. The van der Waals surface area contributed by atoms with E-state index < -0.39 is 5.97 Å². The minimum Gasteiger partial charge on any atom is -0.478 e. The molecule has 0 radical (unpaired) electrons. The summed E-state index contributed by atoms with van der Waals surface area (Å²) in [5, 5.41) is 18.6.